The van der Waals surface area contributed by atoms with Gasteiger partial charge in [-0.05, 0) is 55.8 Å². The predicted molar refractivity (Wildman–Crippen MR) is 86.1 cm³/mol. The molecule has 0 spiro atoms. The Labute approximate surface area is 146 Å². The number of alkyl halides is 3. The van der Waals surface area contributed by atoms with E-state index < -0.39 is 35.5 Å². The van der Waals surface area contributed by atoms with E-state index in [1.165, 1.54) is 26.0 Å². The van der Waals surface area contributed by atoms with Crippen LogP contribution in [-0.2, 0) is 15.7 Å². The van der Waals surface area contributed by atoms with Crippen molar-refractivity contribution < 1.29 is 31.9 Å². The van der Waals surface area contributed by atoms with Crippen LogP contribution < -0.4 is 5.32 Å². The first-order chi connectivity index (χ1) is 12.1. The summed E-state index contributed by atoms with van der Waals surface area (Å²) in [4.78, 5) is 23.9. The Morgan fingerprint density at radius 2 is 1.69 bits per heavy atom. The molecular weight excluding hydrogens is 354 g/mol. The van der Waals surface area contributed by atoms with Crippen molar-refractivity contribution in [2.75, 3.05) is 5.32 Å². The Kier molecular flexibility index (Phi) is 5.64. The van der Waals surface area contributed by atoms with Crippen molar-refractivity contribution in [1.82, 2.24) is 0 Å². The average Bonchev–Trinajstić information content (AvgIpc) is 2.56. The predicted octanol–water partition coefficient (Wildman–Crippen LogP) is 4.34. The van der Waals surface area contributed by atoms with Gasteiger partial charge in [-0.3, -0.25) is 4.79 Å². The molecule has 1 atom stereocenters. The van der Waals surface area contributed by atoms with Gasteiger partial charge in [-0.15, -0.1) is 0 Å². The van der Waals surface area contributed by atoms with Crippen LogP contribution in [-0.4, -0.2) is 18.0 Å². The second-order valence-corrected chi connectivity index (χ2v) is 5.58. The largest absolute Gasteiger partial charge is 0.449 e. The highest BCUT2D eigenvalue weighted by atomic mass is 19.4. The zero-order valence-electron chi connectivity index (χ0n) is 13.9. The lowest BCUT2D eigenvalue weighted by molar-refractivity contribution is -0.137. The fourth-order valence-corrected chi connectivity index (χ4v) is 1.99. The van der Waals surface area contributed by atoms with Crippen molar-refractivity contribution in [1.29, 1.82) is 0 Å². The molecule has 2 aromatic carbocycles. The number of carbonyl (C=O) groups is 2. The zero-order chi connectivity index (χ0) is 19.5. The molecule has 1 N–H and O–H groups in total. The van der Waals surface area contributed by atoms with E-state index in [4.69, 9.17) is 4.74 Å². The first-order valence-electron chi connectivity index (χ1n) is 7.53. The van der Waals surface area contributed by atoms with Gasteiger partial charge in [0.2, 0.25) is 0 Å². The van der Waals surface area contributed by atoms with Gasteiger partial charge in [-0.2, -0.15) is 13.2 Å². The number of hydrogen-bond acceptors (Lipinski definition) is 3. The molecule has 2 rings (SSSR count). The van der Waals surface area contributed by atoms with Gasteiger partial charge in [0.25, 0.3) is 5.91 Å². The lowest BCUT2D eigenvalue weighted by atomic mass is 10.1. The second-order valence-electron chi connectivity index (χ2n) is 5.58. The third kappa shape index (κ3) is 4.81. The minimum absolute atomic E-state index is 0.0534. The summed E-state index contributed by atoms with van der Waals surface area (Å²) in [6.07, 6.45) is -5.71. The Morgan fingerprint density at radius 3 is 2.23 bits per heavy atom. The minimum Gasteiger partial charge on any atom is -0.449 e. The zero-order valence-corrected chi connectivity index (χ0v) is 13.9. The van der Waals surface area contributed by atoms with Gasteiger partial charge in [-0.25, -0.2) is 9.18 Å². The van der Waals surface area contributed by atoms with Gasteiger partial charge in [0.05, 0.1) is 11.1 Å². The summed E-state index contributed by atoms with van der Waals surface area (Å²) in [5, 5.41) is 2.34. The first kappa shape index (κ1) is 19.4. The molecule has 8 heteroatoms. The summed E-state index contributed by atoms with van der Waals surface area (Å²) in [7, 11) is 0. The fourth-order valence-electron chi connectivity index (χ4n) is 1.99. The van der Waals surface area contributed by atoms with E-state index in [0.29, 0.717) is 5.56 Å². The van der Waals surface area contributed by atoms with Crippen molar-refractivity contribution in [3.05, 3.63) is 65.0 Å². The molecule has 0 fully saturated rings. The molecular formula is C18H15F4NO3. The number of anilines is 1. The van der Waals surface area contributed by atoms with Gasteiger partial charge in [0, 0.05) is 5.69 Å². The maximum Gasteiger partial charge on any atom is 0.416 e. The molecule has 0 aliphatic heterocycles. The highest BCUT2D eigenvalue weighted by Crippen LogP contribution is 2.29. The lowest BCUT2D eigenvalue weighted by Gasteiger charge is -2.14. The number of halogens is 4. The number of benzene rings is 2. The molecule has 138 valence electrons. The topological polar surface area (TPSA) is 55.4 Å². The highest BCUT2D eigenvalue weighted by molar-refractivity contribution is 5.97. The summed E-state index contributed by atoms with van der Waals surface area (Å²) >= 11 is 0. The van der Waals surface area contributed by atoms with Crippen molar-refractivity contribution in [3.8, 4) is 0 Å². The molecule has 0 aliphatic carbocycles. The van der Waals surface area contributed by atoms with Crippen molar-refractivity contribution in [2.24, 2.45) is 0 Å². The van der Waals surface area contributed by atoms with Crippen molar-refractivity contribution in [3.63, 3.8) is 0 Å². The van der Waals surface area contributed by atoms with Crippen LogP contribution in [0.5, 0.6) is 0 Å². The first-order valence-corrected chi connectivity index (χ1v) is 7.53. The molecule has 0 radical (unpaired) electrons. The maximum atomic E-state index is 13.5. The summed E-state index contributed by atoms with van der Waals surface area (Å²) in [6.45, 7) is 2.83. The number of aryl methyl sites for hydroxylation is 1. The SMILES string of the molecule is Cc1ccc(C(=O)O[C@@H](C)C(=O)Nc2ccc(C(F)(F)F)cc2)cc1F. The number of amides is 1. The Morgan fingerprint density at radius 1 is 1.08 bits per heavy atom. The number of carbonyl (C=O) groups excluding carboxylic acids is 2. The van der Waals surface area contributed by atoms with Gasteiger partial charge < -0.3 is 10.1 Å². The van der Waals surface area contributed by atoms with E-state index in [1.807, 2.05) is 0 Å². The smallest absolute Gasteiger partial charge is 0.416 e. The second kappa shape index (κ2) is 7.55. The molecule has 0 aliphatic rings. The monoisotopic (exact) mass is 369 g/mol. The number of esters is 1. The van der Waals surface area contributed by atoms with E-state index in [1.54, 1.807) is 0 Å². The van der Waals surface area contributed by atoms with Crippen LogP contribution in [0.1, 0.15) is 28.4 Å². The Bertz CT molecular complexity index is 816. The molecule has 0 bridgehead atoms. The molecule has 4 nitrogen and oxygen atoms in total. The van der Waals surface area contributed by atoms with Crippen LogP contribution in [0, 0.1) is 12.7 Å². The number of hydrogen-bond donors (Lipinski definition) is 1. The van der Waals surface area contributed by atoms with E-state index in [-0.39, 0.29) is 11.3 Å². The third-order valence-corrected chi connectivity index (χ3v) is 3.54. The fraction of sp³-hybridized carbons (Fsp3) is 0.222. The number of nitrogens with one attached hydrogen (secondary N) is 1. The molecule has 0 heterocycles. The van der Waals surface area contributed by atoms with E-state index >= 15 is 0 Å². The molecule has 0 saturated carbocycles. The minimum atomic E-state index is -4.48. The van der Waals surface area contributed by atoms with Gasteiger partial charge in [0.15, 0.2) is 6.10 Å². The average molecular weight is 369 g/mol. The highest BCUT2D eigenvalue weighted by Gasteiger charge is 2.30. The van der Waals surface area contributed by atoms with Gasteiger partial charge >= 0.3 is 12.1 Å². The van der Waals surface area contributed by atoms with Crippen molar-refractivity contribution in [2.45, 2.75) is 26.1 Å². The van der Waals surface area contributed by atoms with Crippen LogP contribution >= 0.6 is 0 Å². The summed E-state index contributed by atoms with van der Waals surface area (Å²) < 4.78 is 55.9. The van der Waals surface area contributed by atoms with E-state index in [0.717, 1.165) is 30.3 Å². The van der Waals surface area contributed by atoms with Crippen LogP contribution in [0.3, 0.4) is 0 Å². The summed E-state index contributed by atoms with van der Waals surface area (Å²) in [5.41, 5.74) is -0.430. The molecule has 2 aromatic rings. The van der Waals surface area contributed by atoms with Crippen LogP contribution in [0.2, 0.25) is 0 Å². The number of rotatable bonds is 4. The standard InChI is InChI=1S/C18H15F4NO3/c1-10-3-4-12(9-15(10)19)17(25)26-11(2)16(24)23-14-7-5-13(6-8-14)18(20,21)22/h3-9,11H,1-2H3,(H,23,24)/t11-/m0/s1. The lowest BCUT2D eigenvalue weighted by Crippen LogP contribution is -2.30. The Balaban J connectivity index is 1.98. The molecule has 0 aromatic heterocycles. The summed E-state index contributed by atoms with van der Waals surface area (Å²) in [6, 6.07) is 7.58. The molecule has 26 heavy (non-hydrogen) atoms. The molecule has 0 unspecified atom stereocenters. The number of ether oxygens (including phenoxy) is 1. The van der Waals surface area contributed by atoms with Crippen LogP contribution in [0.25, 0.3) is 0 Å². The summed E-state index contributed by atoms with van der Waals surface area (Å²) in [5.74, 6) is -2.20. The van der Waals surface area contributed by atoms with Gasteiger partial charge in [-0.1, -0.05) is 6.07 Å². The van der Waals surface area contributed by atoms with E-state index in [2.05, 4.69) is 5.32 Å². The van der Waals surface area contributed by atoms with Crippen LogP contribution in [0.4, 0.5) is 23.2 Å². The normalized spacial score (nSPS) is 12.4. The maximum absolute atomic E-state index is 13.5. The quantitative estimate of drug-likeness (QED) is 0.644. The third-order valence-electron chi connectivity index (χ3n) is 3.54. The molecule has 0 saturated heterocycles. The van der Waals surface area contributed by atoms with E-state index in [9.17, 15) is 27.2 Å². The van der Waals surface area contributed by atoms with Crippen molar-refractivity contribution >= 4 is 17.6 Å². The van der Waals surface area contributed by atoms with Gasteiger partial charge in [0.1, 0.15) is 5.82 Å². The van der Waals surface area contributed by atoms with Crippen LogP contribution in [0.15, 0.2) is 42.5 Å². The Hall–Kier alpha value is -2.90. The molecule has 1 amide bonds.